The van der Waals surface area contributed by atoms with E-state index in [1.807, 2.05) is 103 Å². The molecule has 24 heteroatoms. The van der Waals surface area contributed by atoms with Crippen molar-refractivity contribution in [2.45, 2.75) is 97.2 Å². The van der Waals surface area contributed by atoms with Crippen molar-refractivity contribution >= 4 is 97.0 Å². The van der Waals surface area contributed by atoms with Crippen LogP contribution in [0.4, 0.5) is 11.4 Å². The lowest BCUT2D eigenvalue weighted by Crippen LogP contribution is -2.45. The van der Waals surface area contributed by atoms with Crippen LogP contribution in [-0.2, 0) is 70.8 Å². The van der Waals surface area contributed by atoms with Crippen LogP contribution < -0.4 is 4.90 Å². The number of benzene rings is 6. The number of anilines is 1. The molecule has 452 valence electrons. The van der Waals surface area contributed by atoms with Crippen molar-refractivity contribution in [1.82, 2.24) is 9.21 Å². The number of amides is 1. The highest BCUT2D eigenvalue weighted by atomic mass is 32.2. The number of sulfonamides is 1. The molecule has 0 aliphatic carbocycles. The number of piperidine rings is 1. The van der Waals surface area contributed by atoms with Crippen molar-refractivity contribution in [2.24, 2.45) is 0 Å². The minimum absolute atomic E-state index is 0.0194. The first kappa shape index (κ1) is 63.4. The van der Waals surface area contributed by atoms with Gasteiger partial charge >= 0.3 is 0 Å². The van der Waals surface area contributed by atoms with Crippen LogP contribution in [0.25, 0.3) is 21.5 Å². The molecular weight excluding hydrogens is 1190 g/mol. The van der Waals surface area contributed by atoms with Crippen molar-refractivity contribution in [3.8, 4) is 0 Å². The molecule has 1 saturated heterocycles. The second-order valence-electron chi connectivity index (χ2n) is 22.6. The van der Waals surface area contributed by atoms with Gasteiger partial charge in [0.15, 0.2) is 5.71 Å². The number of rotatable bonds is 23. The summed E-state index contributed by atoms with van der Waals surface area (Å²) in [5.41, 5.74) is 4.52. The third-order valence-corrected chi connectivity index (χ3v) is 21.8. The maximum absolute atomic E-state index is 14.6. The third-order valence-electron chi connectivity index (χ3n) is 16.7. The first-order chi connectivity index (χ1) is 40.1. The second-order valence-corrected chi connectivity index (χ2v) is 29.7. The highest BCUT2D eigenvalue weighted by Crippen LogP contribution is 2.52. The maximum Gasteiger partial charge on any atom is 0.295 e. The Morgan fingerprint density at radius 1 is 0.694 bits per heavy atom. The van der Waals surface area contributed by atoms with Crippen LogP contribution in [-0.4, -0.2) is 129 Å². The van der Waals surface area contributed by atoms with Crippen molar-refractivity contribution in [1.29, 1.82) is 0 Å². The predicted octanol–water partition coefficient (Wildman–Crippen LogP) is 10.4. The van der Waals surface area contributed by atoms with E-state index >= 15 is 0 Å². The van der Waals surface area contributed by atoms with Crippen molar-refractivity contribution in [2.75, 3.05) is 56.2 Å². The van der Waals surface area contributed by atoms with Crippen LogP contribution in [0.3, 0.4) is 0 Å². The summed E-state index contributed by atoms with van der Waals surface area (Å²) in [6, 6.07) is 34.5. The van der Waals surface area contributed by atoms with Gasteiger partial charge in [-0.25, -0.2) is 18.0 Å². The Hall–Kier alpha value is -6.13. The molecule has 0 spiro atoms. The summed E-state index contributed by atoms with van der Waals surface area (Å²) in [4.78, 5) is 16.2. The van der Waals surface area contributed by atoms with E-state index in [-0.39, 0.29) is 52.9 Å². The third kappa shape index (κ3) is 13.0. The van der Waals surface area contributed by atoms with E-state index in [2.05, 4.69) is 33.6 Å². The van der Waals surface area contributed by atoms with Crippen LogP contribution in [0.1, 0.15) is 88.5 Å². The molecule has 0 unspecified atom stereocenters. The van der Waals surface area contributed by atoms with Crippen LogP contribution in [0.2, 0.25) is 0 Å². The van der Waals surface area contributed by atoms with E-state index in [1.165, 1.54) is 34.6 Å². The number of likely N-dealkylation sites (tertiary alicyclic amines) is 1. The fourth-order valence-electron chi connectivity index (χ4n) is 12.7. The van der Waals surface area contributed by atoms with Gasteiger partial charge < -0.3 is 9.80 Å². The molecule has 1 amide bonds. The normalized spacial score (nSPS) is 17.6. The summed E-state index contributed by atoms with van der Waals surface area (Å²) in [5, 5.41) is 13.8. The molecule has 19 nitrogen and oxygen atoms in total. The molecule has 1 fully saturated rings. The largest absolute Gasteiger partial charge is 0.344 e. The molecule has 4 N–H and O–H groups in total. The summed E-state index contributed by atoms with van der Waals surface area (Å²) in [5.74, 6) is -0.157. The minimum atomic E-state index is -4.98. The lowest BCUT2D eigenvalue weighted by Gasteiger charge is -2.43. The standard InChI is InChI=1S/C61H68N4O15S5/c1-59(2)54(25-13-8-14-26-55-60(3,4)58-49-41-45(84(73,74)75)42-53(85(76,77)78)47(49)29-31-51(58)64(55)35-17-39-81-80-79-67)65(36-18-40-82(68,69)70)50-30-28-46-48(57(50)59)23-15-24-52(46)83(71,72)62(5)34-16-27-56(66)63-37-32-61(33-38-63,43-19-9-6-10-20-43)44-21-11-7-12-22-44/h6-15,19-26,28-31,41-42H,16-18,27,32-40H2,1-5H3,(H3-,67,68,69,70,73,74,75,76,77,78)/p+1. The number of carbonyl (C=O) groups is 1. The number of allylic oxidation sites excluding steroid dienone is 6. The van der Waals surface area contributed by atoms with E-state index in [9.17, 15) is 52.1 Å². The summed E-state index contributed by atoms with van der Waals surface area (Å²) in [6.45, 7) is 9.49. The Kier molecular flexibility index (Phi) is 18.6. The van der Waals surface area contributed by atoms with Gasteiger partial charge in [0, 0.05) is 115 Å². The molecule has 3 aliphatic rings. The highest BCUT2D eigenvalue weighted by molar-refractivity contribution is 7.94. The molecule has 0 radical (unpaired) electrons. The first-order valence-corrected chi connectivity index (χ1v) is 34.5. The number of hydrogen-bond donors (Lipinski definition) is 4. The molecule has 6 aromatic rings. The van der Waals surface area contributed by atoms with Gasteiger partial charge in [-0.15, -0.1) is 4.33 Å². The summed E-state index contributed by atoms with van der Waals surface area (Å²) in [7, 11) is -16.8. The number of fused-ring (bicyclic) bond motifs is 6. The van der Waals surface area contributed by atoms with Gasteiger partial charge in [-0.2, -0.15) is 29.8 Å². The van der Waals surface area contributed by atoms with Gasteiger partial charge in [0.1, 0.15) is 11.4 Å². The first-order valence-electron chi connectivity index (χ1n) is 27.6. The molecule has 85 heavy (non-hydrogen) atoms. The van der Waals surface area contributed by atoms with Crippen LogP contribution in [0, 0.1) is 0 Å². The summed E-state index contributed by atoms with van der Waals surface area (Å²) in [6.07, 6.45) is 11.6. The molecule has 3 aliphatic heterocycles. The Bertz CT molecular complexity index is 4100. The molecule has 6 aromatic carbocycles. The van der Waals surface area contributed by atoms with Crippen molar-refractivity contribution in [3.05, 3.63) is 174 Å². The zero-order valence-corrected chi connectivity index (χ0v) is 51.7. The molecule has 0 bridgehead atoms. The maximum atomic E-state index is 14.6. The molecule has 0 saturated carbocycles. The van der Waals surface area contributed by atoms with Crippen LogP contribution >= 0.6 is 12.0 Å². The van der Waals surface area contributed by atoms with Crippen molar-refractivity contribution in [3.63, 3.8) is 0 Å². The molecule has 0 aromatic heterocycles. The van der Waals surface area contributed by atoms with Gasteiger partial charge in [-0.3, -0.25) is 18.5 Å². The molecule has 3 heterocycles. The fourth-order valence-corrected chi connectivity index (χ4v) is 16.3. The average molecular weight is 1260 g/mol. The smallest absolute Gasteiger partial charge is 0.295 e. The van der Waals surface area contributed by atoms with Gasteiger partial charge in [0.05, 0.1) is 21.0 Å². The van der Waals surface area contributed by atoms with Gasteiger partial charge in [-0.05, 0) is 103 Å². The Morgan fingerprint density at radius 2 is 1.34 bits per heavy atom. The quantitative estimate of drug-likeness (QED) is 0.00883. The monoisotopic (exact) mass is 1260 g/mol. The zero-order chi connectivity index (χ0) is 61.3. The molecular formula is C61H69N4O15S5+. The number of hydrogen-bond acceptors (Lipinski definition) is 14. The topological polar surface area (TPSA) is 266 Å². The average Bonchev–Trinajstić information content (AvgIpc) is 1.78. The van der Waals surface area contributed by atoms with E-state index in [0.717, 1.165) is 41.8 Å². The van der Waals surface area contributed by atoms with E-state index in [0.29, 0.717) is 72.0 Å². The minimum Gasteiger partial charge on any atom is -0.344 e. The number of nitrogens with zero attached hydrogens (tertiary/aromatic N) is 4. The molecule has 0 atom stereocenters. The Balaban J connectivity index is 0.972. The van der Waals surface area contributed by atoms with E-state index < -0.39 is 66.8 Å². The van der Waals surface area contributed by atoms with E-state index in [4.69, 9.17) is 5.26 Å². The SMILES string of the molecule is CN(CCCC(=O)N1CCC(c2ccccc2)(c2ccccc2)CC1)S(=O)(=O)c1cccc2c3c(ccc12)N(CCCS(=O)(=O)O)C(=CC=CC=CC1=[N+](CCCSOOO)c2ccc4c(S(=O)(=O)O)cc(S(=O)(=O)O)cc4c2C1(C)C)C3(C)C. The lowest BCUT2D eigenvalue weighted by molar-refractivity contribution is -0.438. The van der Waals surface area contributed by atoms with Gasteiger partial charge in [0.25, 0.3) is 30.4 Å². The predicted molar refractivity (Wildman–Crippen MR) is 329 cm³/mol. The van der Waals surface area contributed by atoms with Crippen LogP contribution in [0.15, 0.2) is 166 Å². The Labute approximate surface area is 501 Å². The lowest BCUT2D eigenvalue weighted by atomic mass is 9.68. The Morgan fingerprint density at radius 3 is 1.96 bits per heavy atom. The van der Waals surface area contributed by atoms with Gasteiger partial charge in [0.2, 0.25) is 21.6 Å². The van der Waals surface area contributed by atoms with Gasteiger partial charge in [-0.1, -0.05) is 116 Å². The fraction of sp³-hybridized carbons (Fsp3) is 0.344. The highest BCUT2D eigenvalue weighted by Gasteiger charge is 2.47. The second kappa shape index (κ2) is 24.9. The summed E-state index contributed by atoms with van der Waals surface area (Å²) >= 11 is 0.860. The summed E-state index contributed by atoms with van der Waals surface area (Å²) < 4.78 is 141. The zero-order valence-electron chi connectivity index (χ0n) is 47.7. The van der Waals surface area contributed by atoms with Crippen LogP contribution in [0.5, 0.6) is 0 Å². The molecule has 9 rings (SSSR count). The van der Waals surface area contributed by atoms with Crippen molar-refractivity contribution < 1.29 is 71.3 Å². The van der Waals surface area contributed by atoms with E-state index in [1.54, 1.807) is 42.5 Å². The number of carbonyl (C=O) groups excluding carboxylic acids is 1.